The van der Waals surface area contributed by atoms with Crippen LogP contribution in [-0.2, 0) is 22.4 Å². The summed E-state index contributed by atoms with van der Waals surface area (Å²) in [4.78, 5) is 2.74. The van der Waals surface area contributed by atoms with E-state index in [2.05, 4.69) is 10.0 Å². The lowest BCUT2D eigenvalue weighted by Gasteiger charge is -2.08. The summed E-state index contributed by atoms with van der Waals surface area (Å²) >= 11 is 5.92. The van der Waals surface area contributed by atoms with Crippen LogP contribution in [0, 0.1) is 0 Å². The Morgan fingerprint density at radius 2 is 2.24 bits per heavy atom. The van der Waals surface area contributed by atoms with Crippen LogP contribution in [0.2, 0.25) is 5.02 Å². The molecule has 0 bridgehead atoms. The lowest BCUT2D eigenvalue weighted by Crippen LogP contribution is -2.03. The molecule has 0 aliphatic carbocycles. The van der Waals surface area contributed by atoms with Crippen LogP contribution in [0.5, 0.6) is 0 Å². The topological polar surface area (TPSA) is 67.2 Å². The van der Waals surface area contributed by atoms with Crippen LogP contribution in [0.25, 0.3) is 10.4 Å². The molecular weight excluding hydrogens is 242 g/mol. The van der Waals surface area contributed by atoms with E-state index in [1.165, 1.54) is 0 Å². The second-order valence-electron chi connectivity index (χ2n) is 3.37. The van der Waals surface area contributed by atoms with Crippen LogP contribution in [0.1, 0.15) is 11.1 Å². The molecular formula is C11H14ClN3O2. The molecule has 0 aliphatic rings. The minimum absolute atomic E-state index is 0.270. The van der Waals surface area contributed by atoms with E-state index in [9.17, 15) is 0 Å². The highest BCUT2D eigenvalue weighted by Crippen LogP contribution is 2.17. The zero-order valence-corrected chi connectivity index (χ0v) is 10.4. The van der Waals surface area contributed by atoms with Crippen molar-refractivity contribution < 1.29 is 9.47 Å². The molecule has 0 heterocycles. The Hall–Kier alpha value is -1.26. The molecule has 0 saturated carbocycles. The summed E-state index contributed by atoms with van der Waals surface area (Å²) in [6.07, 6.45) is 0.709. The minimum Gasteiger partial charge on any atom is -0.359 e. The van der Waals surface area contributed by atoms with Crippen LogP contribution in [0.15, 0.2) is 23.3 Å². The Kier molecular flexibility index (Phi) is 6.43. The summed E-state index contributed by atoms with van der Waals surface area (Å²) in [6.45, 7) is 1.14. The van der Waals surface area contributed by atoms with E-state index in [1.807, 2.05) is 12.1 Å². The van der Waals surface area contributed by atoms with Crippen LogP contribution in [-0.4, -0.2) is 20.5 Å². The highest BCUT2D eigenvalue weighted by molar-refractivity contribution is 6.30. The van der Waals surface area contributed by atoms with Crippen molar-refractivity contribution in [2.24, 2.45) is 5.11 Å². The van der Waals surface area contributed by atoms with Crippen molar-refractivity contribution >= 4 is 11.6 Å². The lowest BCUT2D eigenvalue weighted by atomic mass is 10.1. The van der Waals surface area contributed by atoms with Gasteiger partial charge in [0.25, 0.3) is 0 Å². The average molecular weight is 256 g/mol. The first-order valence-electron chi connectivity index (χ1n) is 5.12. The van der Waals surface area contributed by atoms with Crippen LogP contribution < -0.4 is 0 Å². The number of hydrogen-bond acceptors (Lipinski definition) is 3. The molecule has 1 aromatic carbocycles. The van der Waals surface area contributed by atoms with E-state index in [0.717, 1.165) is 11.1 Å². The van der Waals surface area contributed by atoms with Crippen LogP contribution in [0.4, 0.5) is 0 Å². The maximum atomic E-state index is 8.31. The standard InChI is InChI=1S/C11H14ClN3O2/c1-16-8-17-5-4-9-6-11(12)3-2-10(9)7-14-15-13/h2-3,6H,4-5,7-8H2,1H3. The number of methoxy groups -OCH3 is 1. The number of benzene rings is 1. The van der Waals surface area contributed by atoms with Crippen molar-refractivity contribution in [3.05, 3.63) is 44.8 Å². The van der Waals surface area contributed by atoms with Gasteiger partial charge in [0.05, 0.1) is 13.2 Å². The molecule has 92 valence electrons. The molecule has 17 heavy (non-hydrogen) atoms. The highest BCUT2D eigenvalue weighted by atomic mass is 35.5. The molecule has 0 spiro atoms. The molecule has 5 nitrogen and oxygen atoms in total. The molecule has 0 unspecified atom stereocenters. The van der Waals surface area contributed by atoms with Gasteiger partial charge in [-0.05, 0) is 35.2 Å². The van der Waals surface area contributed by atoms with Gasteiger partial charge in [-0.15, -0.1) is 0 Å². The third-order valence-electron chi connectivity index (χ3n) is 2.19. The first-order chi connectivity index (χ1) is 8.27. The molecule has 0 radical (unpaired) electrons. The Morgan fingerprint density at radius 3 is 2.94 bits per heavy atom. The van der Waals surface area contributed by atoms with Crippen LogP contribution >= 0.6 is 11.6 Å². The molecule has 0 N–H and O–H groups in total. The van der Waals surface area contributed by atoms with Crippen molar-refractivity contribution in [3.8, 4) is 0 Å². The monoisotopic (exact) mass is 255 g/mol. The van der Waals surface area contributed by atoms with Gasteiger partial charge in [0.15, 0.2) is 0 Å². The fourth-order valence-electron chi connectivity index (χ4n) is 1.41. The van der Waals surface area contributed by atoms with E-state index in [1.54, 1.807) is 13.2 Å². The van der Waals surface area contributed by atoms with E-state index >= 15 is 0 Å². The smallest absolute Gasteiger partial charge is 0.146 e. The normalized spacial score (nSPS) is 10.0. The fraction of sp³-hybridized carbons (Fsp3) is 0.455. The van der Waals surface area contributed by atoms with E-state index < -0.39 is 0 Å². The zero-order chi connectivity index (χ0) is 12.5. The Bertz CT molecular complexity index is 406. The van der Waals surface area contributed by atoms with E-state index in [-0.39, 0.29) is 6.79 Å². The lowest BCUT2D eigenvalue weighted by molar-refractivity contribution is -0.0291. The second kappa shape index (κ2) is 7.92. The number of ether oxygens (including phenoxy) is 2. The molecule has 1 aromatic rings. The number of halogens is 1. The van der Waals surface area contributed by atoms with Gasteiger partial charge in [-0.3, -0.25) is 0 Å². The number of hydrogen-bond donors (Lipinski definition) is 0. The Labute approximate surface area is 105 Å². The van der Waals surface area contributed by atoms with E-state index in [4.69, 9.17) is 26.6 Å². The number of rotatable bonds is 7. The van der Waals surface area contributed by atoms with Crippen molar-refractivity contribution in [1.82, 2.24) is 0 Å². The molecule has 0 amide bonds. The molecule has 0 atom stereocenters. The van der Waals surface area contributed by atoms with Gasteiger partial charge in [-0.1, -0.05) is 22.8 Å². The zero-order valence-electron chi connectivity index (χ0n) is 9.60. The maximum Gasteiger partial charge on any atom is 0.146 e. The first-order valence-corrected chi connectivity index (χ1v) is 5.50. The highest BCUT2D eigenvalue weighted by Gasteiger charge is 2.03. The maximum absolute atomic E-state index is 8.31. The first kappa shape index (κ1) is 13.8. The quantitative estimate of drug-likeness (QED) is 0.247. The Morgan fingerprint density at radius 1 is 1.41 bits per heavy atom. The summed E-state index contributed by atoms with van der Waals surface area (Å²) in [7, 11) is 1.58. The Balaban J connectivity index is 2.65. The van der Waals surface area contributed by atoms with Gasteiger partial charge >= 0.3 is 0 Å². The summed E-state index contributed by atoms with van der Waals surface area (Å²) in [6, 6.07) is 5.51. The van der Waals surface area contributed by atoms with Crippen molar-refractivity contribution in [2.45, 2.75) is 13.0 Å². The SMILES string of the molecule is COCOCCc1cc(Cl)ccc1CN=[N+]=[N-]. The minimum atomic E-state index is 0.270. The predicted octanol–water partition coefficient (Wildman–Crippen LogP) is 3.31. The summed E-state index contributed by atoms with van der Waals surface area (Å²) < 4.78 is 10.0. The van der Waals surface area contributed by atoms with Crippen LogP contribution in [0.3, 0.4) is 0 Å². The van der Waals surface area contributed by atoms with Gasteiger partial charge in [0, 0.05) is 17.0 Å². The molecule has 6 heteroatoms. The van der Waals surface area contributed by atoms with Gasteiger partial charge in [-0.2, -0.15) is 0 Å². The third-order valence-corrected chi connectivity index (χ3v) is 2.42. The molecule has 0 aliphatic heterocycles. The molecule has 0 aromatic heterocycles. The van der Waals surface area contributed by atoms with Crippen molar-refractivity contribution in [3.63, 3.8) is 0 Å². The molecule has 0 saturated heterocycles. The van der Waals surface area contributed by atoms with Gasteiger partial charge in [-0.25, -0.2) is 0 Å². The fourth-order valence-corrected chi connectivity index (χ4v) is 1.61. The third kappa shape index (κ3) is 5.06. The summed E-state index contributed by atoms with van der Waals surface area (Å²) in [5.41, 5.74) is 10.3. The summed E-state index contributed by atoms with van der Waals surface area (Å²) in [5, 5.41) is 4.21. The summed E-state index contributed by atoms with van der Waals surface area (Å²) in [5.74, 6) is 0. The molecule has 1 rings (SSSR count). The second-order valence-corrected chi connectivity index (χ2v) is 3.80. The largest absolute Gasteiger partial charge is 0.359 e. The van der Waals surface area contributed by atoms with Gasteiger partial charge in [0.2, 0.25) is 0 Å². The average Bonchev–Trinajstić information content (AvgIpc) is 2.33. The predicted molar refractivity (Wildman–Crippen MR) is 65.8 cm³/mol. The van der Waals surface area contributed by atoms with Gasteiger partial charge < -0.3 is 9.47 Å². The molecule has 0 fully saturated rings. The number of azide groups is 1. The van der Waals surface area contributed by atoms with Crippen molar-refractivity contribution in [1.29, 1.82) is 0 Å². The van der Waals surface area contributed by atoms with Gasteiger partial charge in [0.1, 0.15) is 6.79 Å². The van der Waals surface area contributed by atoms with Crippen molar-refractivity contribution in [2.75, 3.05) is 20.5 Å². The van der Waals surface area contributed by atoms with E-state index in [0.29, 0.717) is 24.6 Å². The number of nitrogens with zero attached hydrogens (tertiary/aromatic N) is 3.